The third-order valence-corrected chi connectivity index (χ3v) is 4.13. The summed E-state index contributed by atoms with van der Waals surface area (Å²) in [5.74, 6) is -1.05. The predicted octanol–water partition coefficient (Wildman–Crippen LogP) is 4.52. The monoisotopic (exact) mass is 376 g/mol. The van der Waals surface area contributed by atoms with Gasteiger partial charge in [0.25, 0.3) is 0 Å². The Kier molecular flexibility index (Phi) is 5.63. The van der Waals surface area contributed by atoms with E-state index in [0.717, 1.165) is 5.56 Å². The minimum atomic E-state index is -0.501. The molecule has 0 saturated carbocycles. The van der Waals surface area contributed by atoms with Crippen LogP contribution in [0.5, 0.6) is 0 Å². The normalized spacial score (nSPS) is 10.7. The molecule has 4 nitrogen and oxygen atoms in total. The molecule has 1 aromatic heterocycles. The predicted molar refractivity (Wildman–Crippen MR) is 93.5 cm³/mol. The molecule has 0 aliphatic carbocycles. The van der Waals surface area contributed by atoms with E-state index >= 15 is 0 Å². The number of carbonyl (C=O) groups excluding carboxylic acids is 1. The molecule has 1 heterocycles. The van der Waals surface area contributed by atoms with Crippen LogP contribution in [-0.4, -0.2) is 11.1 Å². The van der Waals surface area contributed by atoms with Crippen molar-refractivity contribution in [3.8, 4) is 11.3 Å². The Morgan fingerprint density at radius 3 is 2.81 bits per heavy atom. The number of carbonyl (C=O) groups is 1. The molecule has 134 valence electrons. The summed E-state index contributed by atoms with van der Waals surface area (Å²) in [4.78, 5) is 12.0. The number of hydrogen-bond acceptors (Lipinski definition) is 3. The topological polar surface area (TPSA) is 55.1 Å². The highest BCUT2D eigenvalue weighted by molar-refractivity contribution is 6.30. The van der Waals surface area contributed by atoms with Gasteiger partial charge in [0.15, 0.2) is 0 Å². The van der Waals surface area contributed by atoms with Crippen molar-refractivity contribution in [2.75, 3.05) is 0 Å². The summed E-state index contributed by atoms with van der Waals surface area (Å²) in [6.45, 7) is 0.249. The number of aromatic nitrogens is 1. The van der Waals surface area contributed by atoms with Crippen LogP contribution in [0.4, 0.5) is 8.78 Å². The lowest BCUT2D eigenvalue weighted by atomic mass is 10.0. The third kappa shape index (κ3) is 4.46. The van der Waals surface area contributed by atoms with Gasteiger partial charge in [-0.15, -0.1) is 0 Å². The zero-order chi connectivity index (χ0) is 18.5. The van der Waals surface area contributed by atoms with Crippen LogP contribution in [0.2, 0.25) is 5.02 Å². The SMILES string of the molecule is O=C(CCc1conc1-c1cccc(F)c1)NCc1ccc(F)c(Cl)c1. The molecule has 0 bridgehead atoms. The summed E-state index contributed by atoms with van der Waals surface area (Å²) in [5, 5.41) is 6.65. The quantitative estimate of drug-likeness (QED) is 0.688. The van der Waals surface area contributed by atoms with Gasteiger partial charge in [-0.1, -0.05) is 35.0 Å². The number of amides is 1. The summed E-state index contributed by atoms with van der Waals surface area (Å²) in [6, 6.07) is 10.3. The molecule has 3 aromatic rings. The first kappa shape index (κ1) is 18.1. The van der Waals surface area contributed by atoms with Crippen LogP contribution >= 0.6 is 11.6 Å². The van der Waals surface area contributed by atoms with Crippen LogP contribution in [0.1, 0.15) is 17.5 Å². The van der Waals surface area contributed by atoms with Crippen LogP contribution < -0.4 is 5.32 Å². The minimum absolute atomic E-state index is 0.0148. The van der Waals surface area contributed by atoms with Crippen LogP contribution in [0.25, 0.3) is 11.3 Å². The highest BCUT2D eigenvalue weighted by Crippen LogP contribution is 2.24. The van der Waals surface area contributed by atoms with Gasteiger partial charge in [-0.25, -0.2) is 8.78 Å². The fourth-order valence-corrected chi connectivity index (χ4v) is 2.70. The lowest BCUT2D eigenvalue weighted by Gasteiger charge is -2.06. The van der Waals surface area contributed by atoms with Gasteiger partial charge in [-0.2, -0.15) is 0 Å². The fourth-order valence-electron chi connectivity index (χ4n) is 2.50. The molecule has 1 amide bonds. The maximum Gasteiger partial charge on any atom is 0.220 e. The number of halogens is 3. The van der Waals surface area contributed by atoms with Crippen LogP contribution in [0.3, 0.4) is 0 Å². The molecule has 0 unspecified atom stereocenters. The Morgan fingerprint density at radius 2 is 2.04 bits per heavy atom. The lowest BCUT2D eigenvalue weighted by Crippen LogP contribution is -2.23. The van der Waals surface area contributed by atoms with E-state index in [1.54, 1.807) is 18.2 Å². The standard InChI is InChI=1S/C19H15ClF2N2O2/c20-16-8-12(4-6-17(16)22)10-23-18(25)7-5-14-11-26-24-19(14)13-2-1-3-15(21)9-13/h1-4,6,8-9,11H,5,7,10H2,(H,23,25). The molecule has 2 aromatic carbocycles. The van der Waals surface area contributed by atoms with E-state index in [9.17, 15) is 13.6 Å². The van der Waals surface area contributed by atoms with Gasteiger partial charge in [0.05, 0.1) is 5.02 Å². The van der Waals surface area contributed by atoms with E-state index in [2.05, 4.69) is 10.5 Å². The van der Waals surface area contributed by atoms with E-state index < -0.39 is 5.82 Å². The summed E-state index contributed by atoms with van der Waals surface area (Å²) in [7, 11) is 0. The highest BCUT2D eigenvalue weighted by Gasteiger charge is 2.13. The van der Waals surface area contributed by atoms with E-state index in [0.29, 0.717) is 23.2 Å². The molecule has 7 heteroatoms. The van der Waals surface area contributed by atoms with Crippen molar-refractivity contribution in [3.63, 3.8) is 0 Å². The number of hydrogen-bond donors (Lipinski definition) is 1. The van der Waals surface area contributed by atoms with Crippen molar-refractivity contribution >= 4 is 17.5 Å². The second-order valence-corrected chi connectivity index (χ2v) is 6.13. The molecule has 0 radical (unpaired) electrons. The van der Waals surface area contributed by atoms with Crippen molar-refractivity contribution in [3.05, 3.63) is 76.5 Å². The van der Waals surface area contributed by atoms with Gasteiger partial charge in [-0.3, -0.25) is 4.79 Å². The second-order valence-electron chi connectivity index (χ2n) is 5.72. The molecule has 0 saturated heterocycles. The minimum Gasteiger partial charge on any atom is -0.364 e. The average molecular weight is 377 g/mol. The Labute approximate surface area is 153 Å². The maximum absolute atomic E-state index is 13.4. The van der Waals surface area contributed by atoms with Crippen molar-refractivity contribution in [2.45, 2.75) is 19.4 Å². The van der Waals surface area contributed by atoms with E-state index in [1.807, 2.05) is 0 Å². The molecular weight excluding hydrogens is 362 g/mol. The Hall–Kier alpha value is -2.73. The Balaban J connectivity index is 1.57. The smallest absolute Gasteiger partial charge is 0.220 e. The summed E-state index contributed by atoms with van der Waals surface area (Å²) >= 11 is 5.71. The van der Waals surface area contributed by atoms with Gasteiger partial charge >= 0.3 is 0 Å². The van der Waals surface area contributed by atoms with Gasteiger partial charge in [-0.05, 0) is 36.2 Å². The van der Waals surface area contributed by atoms with Gasteiger partial charge < -0.3 is 9.84 Å². The molecule has 26 heavy (non-hydrogen) atoms. The number of benzene rings is 2. The third-order valence-electron chi connectivity index (χ3n) is 3.84. The first-order chi connectivity index (χ1) is 12.5. The number of rotatable bonds is 6. The molecule has 0 fully saturated rings. The molecule has 0 aliphatic heterocycles. The lowest BCUT2D eigenvalue weighted by molar-refractivity contribution is -0.121. The fraction of sp³-hybridized carbons (Fsp3) is 0.158. The van der Waals surface area contributed by atoms with Crippen molar-refractivity contribution < 1.29 is 18.1 Å². The zero-order valence-corrected chi connectivity index (χ0v) is 14.4. The Bertz CT molecular complexity index is 927. The first-order valence-electron chi connectivity index (χ1n) is 7.93. The zero-order valence-electron chi connectivity index (χ0n) is 13.6. The van der Waals surface area contributed by atoms with E-state index in [-0.39, 0.29) is 29.7 Å². The first-order valence-corrected chi connectivity index (χ1v) is 8.30. The molecule has 0 aliphatic rings. The number of nitrogens with zero attached hydrogens (tertiary/aromatic N) is 1. The molecule has 1 N–H and O–H groups in total. The molecule has 0 atom stereocenters. The van der Waals surface area contributed by atoms with Gasteiger partial charge in [0.1, 0.15) is 23.6 Å². The van der Waals surface area contributed by atoms with Crippen molar-refractivity contribution in [1.82, 2.24) is 10.5 Å². The molecule has 0 spiro atoms. The van der Waals surface area contributed by atoms with Gasteiger partial charge in [0.2, 0.25) is 5.91 Å². The average Bonchev–Trinajstić information content (AvgIpc) is 3.09. The highest BCUT2D eigenvalue weighted by atomic mass is 35.5. The van der Waals surface area contributed by atoms with E-state index in [4.69, 9.17) is 16.1 Å². The Morgan fingerprint density at radius 1 is 1.19 bits per heavy atom. The molecular formula is C19H15ClF2N2O2. The second kappa shape index (κ2) is 8.10. The van der Waals surface area contributed by atoms with Crippen LogP contribution in [0.15, 0.2) is 53.3 Å². The van der Waals surface area contributed by atoms with Gasteiger partial charge in [0, 0.05) is 24.1 Å². The van der Waals surface area contributed by atoms with Crippen molar-refractivity contribution in [1.29, 1.82) is 0 Å². The van der Waals surface area contributed by atoms with Crippen molar-refractivity contribution in [2.24, 2.45) is 0 Å². The maximum atomic E-state index is 13.4. The summed E-state index contributed by atoms with van der Waals surface area (Å²) in [5.41, 5.74) is 2.53. The summed E-state index contributed by atoms with van der Waals surface area (Å²) < 4.78 is 31.5. The number of nitrogens with one attached hydrogen (secondary N) is 1. The summed E-state index contributed by atoms with van der Waals surface area (Å²) in [6.07, 6.45) is 2.05. The van der Waals surface area contributed by atoms with Crippen LogP contribution in [0, 0.1) is 11.6 Å². The molecule has 3 rings (SSSR count). The van der Waals surface area contributed by atoms with E-state index in [1.165, 1.54) is 30.5 Å². The largest absolute Gasteiger partial charge is 0.364 e. The van der Waals surface area contributed by atoms with Crippen LogP contribution in [-0.2, 0) is 17.8 Å². The number of aryl methyl sites for hydroxylation is 1.